The number of rotatable bonds is 4. The zero-order valence-corrected chi connectivity index (χ0v) is 14.2. The average Bonchev–Trinajstić information content (AvgIpc) is 2.60. The van der Waals surface area contributed by atoms with Gasteiger partial charge in [-0.05, 0) is 42.7 Å². The van der Waals surface area contributed by atoms with Crippen LogP contribution in [-0.2, 0) is 0 Å². The molecule has 1 heterocycles. The smallest absolute Gasteiger partial charge is 0.259 e. The Morgan fingerprint density at radius 1 is 0.920 bits per heavy atom. The molecule has 0 aliphatic heterocycles. The van der Waals surface area contributed by atoms with Gasteiger partial charge in [-0.3, -0.25) is 9.59 Å². The van der Waals surface area contributed by atoms with Crippen LogP contribution in [-0.4, -0.2) is 10.8 Å². The minimum absolute atomic E-state index is 0.191. The molecule has 2 aromatic carbocycles. The van der Waals surface area contributed by atoms with Crippen LogP contribution in [0.15, 0.2) is 71.5 Å². The molecule has 0 saturated heterocycles. The Hall–Kier alpha value is -3.20. The van der Waals surface area contributed by atoms with Crippen LogP contribution in [0.25, 0.3) is 11.6 Å². The minimum Gasteiger partial charge on any atom is -0.326 e. The van der Waals surface area contributed by atoms with Crippen LogP contribution in [0.5, 0.6) is 0 Å². The predicted octanol–water partition coefficient (Wildman–Crippen LogP) is 4.42. The number of aromatic nitrogens is 1. The predicted molar refractivity (Wildman–Crippen MR) is 102 cm³/mol. The molecule has 1 aromatic heterocycles. The largest absolute Gasteiger partial charge is 0.326 e. The first-order chi connectivity index (χ1) is 12.1. The first-order valence-corrected chi connectivity index (χ1v) is 8.13. The van der Waals surface area contributed by atoms with Crippen LogP contribution in [0.1, 0.15) is 32.7 Å². The number of benzene rings is 2. The van der Waals surface area contributed by atoms with Crippen molar-refractivity contribution >= 4 is 17.4 Å². The molecular formula is C22H19NO2. The molecule has 0 bridgehead atoms. The fourth-order valence-electron chi connectivity index (χ4n) is 2.88. The van der Waals surface area contributed by atoms with Crippen molar-refractivity contribution < 1.29 is 4.79 Å². The van der Waals surface area contributed by atoms with Crippen molar-refractivity contribution in [3.63, 3.8) is 0 Å². The Morgan fingerprint density at radius 3 is 2.12 bits per heavy atom. The summed E-state index contributed by atoms with van der Waals surface area (Å²) in [6.45, 7) is 3.60. The standard InChI is InChI=1S/C22H19NO2/c1-15-13-16(2)23-22(25)20(15)21(24)19(18-11-7-4-8-12-18)14-17-9-5-3-6-10-17/h3-14H,1-2H3,(H,23,25)/b19-14+. The molecule has 0 atom stereocenters. The highest BCUT2D eigenvalue weighted by Gasteiger charge is 2.20. The summed E-state index contributed by atoms with van der Waals surface area (Å²) in [4.78, 5) is 28.3. The van der Waals surface area contributed by atoms with E-state index in [9.17, 15) is 9.59 Å². The maximum absolute atomic E-state index is 13.2. The van der Waals surface area contributed by atoms with Crippen molar-refractivity contribution in [1.82, 2.24) is 4.98 Å². The highest BCUT2D eigenvalue weighted by atomic mass is 16.1. The van der Waals surface area contributed by atoms with Gasteiger partial charge in [0.1, 0.15) is 0 Å². The number of aryl methyl sites for hydroxylation is 2. The number of Topliss-reactive ketones (excluding diaryl/α,β-unsaturated/α-hetero) is 1. The van der Waals surface area contributed by atoms with Gasteiger partial charge in [-0.1, -0.05) is 60.7 Å². The van der Waals surface area contributed by atoms with Crippen molar-refractivity contribution in [3.8, 4) is 0 Å². The average molecular weight is 329 g/mol. The molecule has 0 fully saturated rings. The quantitative estimate of drug-likeness (QED) is 0.438. The third kappa shape index (κ3) is 3.66. The normalized spacial score (nSPS) is 11.4. The molecular weight excluding hydrogens is 310 g/mol. The van der Waals surface area contributed by atoms with Gasteiger partial charge in [0, 0.05) is 11.3 Å². The van der Waals surface area contributed by atoms with Crippen LogP contribution in [0.2, 0.25) is 0 Å². The molecule has 0 aliphatic carbocycles. The van der Waals surface area contributed by atoms with E-state index in [-0.39, 0.29) is 16.9 Å². The van der Waals surface area contributed by atoms with Gasteiger partial charge < -0.3 is 4.98 Å². The van der Waals surface area contributed by atoms with E-state index >= 15 is 0 Å². The summed E-state index contributed by atoms with van der Waals surface area (Å²) in [7, 11) is 0. The van der Waals surface area contributed by atoms with E-state index in [0.717, 1.165) is 16.8 Å². The van der Waals surface area contributed by atoms with Gasteiger partial charge in [0.15, 0.2) is 5.78 Å². The van der Waals surface area contributed by atoms with E-state index in [1.54, 1.807) is 13.8 Å². The van der Waals surface area contributed by atoms with Gasteiger partial charge in [0.05, 0.1) is 5.56 Å². The molecule has 0 unspecified atom stereocenters. The van der Waals surface area contributed by atoms with E-state index in [0.29, 0.717) is 11.1 Å². The molecule has 3 nitrogen and oxygen atoms in total. The zero-order chi connectivity index (χ0) is 17.8. The van der Waals surface area contributed by atoms with Gasteiger partial charge in [-0.25, -0.2) is 0 Å². The summed E-state index contributed by atoms with van der Waals surface area (Å²) in [6.07, 6.45) is 1.83. The van der Waals surface area contributed by atoms with E-state index in [4.69, 9.17) is 0 Å². The topological polar surface area (TPSA) is 49.9 Å². The molecule has 3 rings (SSSR count). The first kappa shape index (κ1) is 16.7. The molecule has 0 amide bonds. The van der Waals surface area contributed by atoms with Gasteiger partial charge in [-0.15, -0.1) is 0 Å². The summed E-state index contributed by atoms with van der Waals surface area (Å²) in [5.74, 6) is -0.270. The molecule has 0 radical (unpaired) electrons. The van der Waals surface area contributed by atoms with Gasteiger partial charge in [0.2, 0.25) is 0 Å². The molecule has 1 N–H and O–H groups in total. The van der Waals surface area contributed by atoms with Crippen molar-refractivity contribution in [2.45, 2.75) is 13.8 Å². The SMILES string of the molecule is Cc1cc(C)c(C(=O)/C(=C/c2ccccc2)c2ccccc2)c(=O)[nH]1. The second-order valence-corrected chi connectivity index (χ2v) is 6.00. The van der Waals surface area contributed by atoms with Crippen molar-refractivity contribution in [1.29, 1.82) is 0 Å². The third-order valence-electron chi connectivity index (χ3n) is 4.03. The number of carbonyl (C=O) groups is 1. The van der Waals surface area contributed by atoms with Gasteiger partial charge in [-0.2, -0.15) is 0 Å². The third-order valence-corrected chi connectivity index (χ3v) is 4.03. The zero-order valence-electron chi connectivity index (χ0n) is 14.2. The summed E-state index contributed by atoms with van der Waals surface area (Å²) in [6, 6.07) is 20.9. The Balaban J connectivity index is 2.18. The van der Waals surface area contributed by atoms with Gasteiger partial charge in [0.25, 0.3) is 5.56 Å². The van der Waals surface area contributed by atoms with Gasteiger partial charge >= 0.3 is 0 Å². The highest BCUT2D eigenvalue weighted by molar-refractivity contribution is 6.32. The lowest BCUT2D eigenvalue weighted by molar-refractivity contribution is 0.105. The summed E-state index contributed by atoms with van der Waals surface area (Å²) < 4.78 is 0. The molecule has 0 saturated carbocycles. The molecule has 3 heteroatoms. The lowest BCUT2D eigenvalue weighted by atomic mass is 9.93. The second kappa shape index (κ2) is 7.14. The van der Waals surface area contributed by atoms with E-state index in [2.05, 4.69) is 4.98 Å². The van der Waals surface area contributed by atoms with E-state index in [1.165, 1.54) is 0 Å². The molecule has 25 heavy (non-hydrogen) atoms. The summed E-state index contributed by atoms with van der Waals surface area (Å²) >= 11 is 0. The lowest BCUT2D eigenvalue weighted by Crippen LogP contribution is -2.21. The fraction of sp³-hybridized carbons (Fsp3) is 0.0909. The number of pyridine rings is 1. The Morgan fingerprint density at radius 2 is 1.52 bits per heavy atom. The van der Waals surface area contributed by atoms with E-state index in [1.807, 2.05) is 72.8 Å². The van der Waals surface area contributed by atoms with Crippen molar-refractivity contribution in [3.05, 3.63) is 105 Å². The number of nitrogens with one attached hydrogen (secondary N) is 1. The monoisotopic (exact) mass is 329 g/mol. The number of H-pyrrole nitrogens is 1. The van der Waals surface area contributed by atoms with Crippen LogP contribution < -0.4 is 5.56 Å². The number of hydrogen-bond acceptors (Lipinski definition) is 2. The van der Waals surface area contributed by atoms with Crippen molar-refractivity contribution in [2.24, 2.45) is 0 Å². The van der Waals surface area contributed by atoms with Crippen molar-refractivity contribution in [2.75, 3.05) is 0 Å². The number of aromatic amines is 1. The molecule has 0 aliphatic rings. The maximum Gasteiger partial charge on any atom is 0.259 e. The first-order valence-electron chi connectivity index (χ1n) is 8.13. The molecule has 0 spiro atoms. The maximum atomic E-state index is 13.2. The molecule has 124 valence electrons. The number of allylic oxidation sites excluding steroid dienone is 1. The van der Waals surface area contributed by atoms with E-state index < -0.39 is 0 Å². The Kier molecular flexibility index (Phi) is 4.75. The second-order valence-electron chi connectivity index (χ2n) is 6.00. The molecule has 3 aromatic rings. The van der Waals surface area contributed by atoms with Crippen LogP contribution in [0, 0.1) is 13.8 Å². The minimum atomic E-state index is -0.350. The fourth-order valence-corrected chi connectivity index (χ4v) is 2.88. The lowest BCUT2D eigenvalue weighted by Gasteiger charge is -2.10. The summed E-state index contributed by atoms with van der Waals surface area (Å²) in [5.41, 5.74) is 3.47. The van der Waals surface area contributed by atoms with Crippen LogP contribution in [0.4, 0.5) is 0 Å². The Labute approximate surface area is 146 Å². The number of carbonyl (C=O) groups excluding carboxylic acids is 1. The highest BCUT2D eigenvalue weighted by Crippen LogP contribution is 2.23. The number of ketones is 1. The Bertz CT molecular complexity index is 984. The van der Waals surface area contributed by atoms with Crippen LogP contribution in [0.3, 0.4) is 0 Å². The number of hydrogen-bond donors (Lipinski definition) is 1. The summed E-state index contributed by atoms with van der Waals surface area (Å²) in [5, 5.41) is 0. The van der Waals surface area contributed by atoms with Crippen LogP contribution >= 0.6 is 0 Å².